The smallest absolute Gasteiger partial charge is 0.400 e. The number of hydrogen-bond donors (Lipinski definition) is 2. The van der Waals surface area contributed by atoms with Gasteiger partial charge in [-0.2, -0.15) is 0 Å². The van der Waals surface area contributed by atoms with Gasteiger partial charge in [0.2, 0.25) is 5.91 Å². The molecular weight excluding hydrogens is 310 g/mol. The van der Waals surface area contributed by atoms with E-state index in [-0.39, 0.29) is 12.5 Å². The van der Waals surface area contributed by atoms with Gasteiger partial charge in [-0.25, -0.2) is 4.39 Å². The Balaban J connectivity index is 2.35. The van der Waals surface area contributed by atoms with Crippen molar-refractivity contribution in [2.24, 2.45) is 0 Å². The standard InChI is InChI=1S/C17H24BFN2O3/c1-11(22)21-10-13(8-12-6-7-14(19)9-15(12)20)18-23-16(2,3)17(4,5)24-18/h6-9H,10,20H2,1-5H3,(H,21,22). The van der Waals surface area contributed by atoms with E-state index < -0.39 is 24.1 Å². The lowest BCUT2D eigenvalue weighted by atomic mass is 9.76. The third kappa shape index (κ3) is 3.97. The van der Waals surface area contributed by atoms with E-state index in [4.69, 9.17) is 15.0 Å². The molecule has 2 rings (SSSR count). The van der Waals surface area contributed by atoms with Crippen LogP contribution < -0.4 is 11.1 Å². The number of benzene rings is 1. The zero-order valence-corrected chi connectivity index (χ0v) is 14.8. The molecule has 0 radical (unpaired) electrons. The maximum Gasteiger partial charge on any atom is 0.492 e. The van der Waals surface area contributed by atoms with Gasteiger partial charge in [0.05, 0.1) is 11.2 Å². The summed E-state index contributed by atoms with van der Waals surface area (Å²) in [6.45, 7) is 9.51. The van der Waals surface area contributed by atoms with Crippen LogP contribution in [-0.2, 0) is 14.1 Å². The number of nitrogens with one attached hydrogen (secondary N) is 1. The van der Waals surface area contributed by atoms with Crippen LogP contribution in [0.5, 0.6) is 0 Å². The zero-order valence-electron chi connectivity index (χ0n) is 14.8. The first-order valence-corrected chi connectivity index (χ1v) is 7.87. The Morgan fingerprint density at radius 3 is 2.38 bits per heavy atom. The fourth-order valence-electron chi connectivity index (χ4n) is 2.30. The molecule has 24 heavy (non-hydrogen) atoms. The summed E-state index contributed by atoms with van der Waals surface area (Å²) in [6.07, 6.45) is 1.77. The van der Waals surface area contributed by atoms with E-state index in [0.29, 0.717) is 16.7 Å². The summed E-state index contributed by atoms with van der Waals surface area (Å²) in [4.78, 5) is 11.3. The largest absolute Gasteiger partial charge is 0.492 e. The quantitative estimate of drug-likeness (QED) is 0.656. The Morgan fingerprint density at radius 2 is 1.88 bits per heavy atom. The van der Waals surface area contributed by atoms with Crippen LogP contribution in [0.1, 0.15) is 40.2 Å². The van der Waals surface area contributed by atoms with Crippen molar-refractivity contribution in [2.75, 3.05) is 12.3 Å². The number of carbonyl (C=O) groups is 1. The van der Waals surface area contributed by atoms with Crippen molar-refractivity contribution >= 4 is 24.8 Å². The fourth-order valence-corrected chi connectivity index (χ4v) is 2.30. The molecule has 7 heteroatoms. The molecule has 1 saturated heterocycles. The maximum atomic E-state index is 13.2. The minimum absolute atomic E-state index is 0.163. The maximum absolute atomic E-state index is 13.2. The van der Waals surface area contributed by atoms with Crippen LogP contribution in [0.15, 0.2) is 23.7 Å². The van der Waals surface area contributed by atoms with Crippen molar-refractivity contribution in [3.05, 3.63) is 35.1 Å². The van der Waals surface area contributed by atoms with E-state index in [1.54, 1.807) is 12.1 Å². The Kier molecular flexibility index (Phi) is 5.06. The van der Waals surface area contributed by atoms with Gasteiger partial charge < -0.3 is 20.4 Å². The molecule has 1 aliphatic rings. The molecule has 1 amide bonds. The molecule has 0 aliphatic carbocycles. The van der Waals surface area contributed by atoms with Crippen molar-refractivity contribution in [2.45, 2.75) is 45.8 Å². The first-order chi connectivity index (χ1) is 11.0. The molecule has 0 saturated carbocycles. The zero-order chi connectivity index (χ0) is 18.1. The first-order valence-electron chi connectivity index (χ1n) is 7.87. The van der Waals surface area contributed by atoms with E-state index in [1.165, 1.54) is 19.1 Å². The summed E-state index contributed by atoms with van der Waals surface area (Å²) in [6, 6.07) is 4.18. The number of rotatable bonds is 4. The van der Waals surface area contributed by atoms with Crippen molar-refractivity contribution in [3.63, 3.8) is 0 Å². The van der Waals surface area contributed by atoms with Gasteiger partial charge in [-0.3, -0.25) is 4.79 Å². The molecule has 3 N–H and O–H groups in total. The monoisotopic (exact) mass is 334 g/mol. The topological polar surface area (TPSA) is 73.6 Å². The van der Waals surface area contributed by atoms with Gasteiger partial charge in [0.15, 0.2) is 0 Å². The highest BCUT2D eigenvalue weighted by atomic mass is 19.1. The Hall–Kier alpha value is -1.86. The van der Waals surface area contributed by atoms with Gasteiger partial charge in [-0.15, -0.1) is 0 Å². The van der Waals surface area contributed by atoms with Crippen LogP contribution in [0.25, 0.3) is 6.08 Å². The van der Waals surface area contributed by atoms with E-state index in [1.807, 2.05) is 27.7 Å². The number of halogens is 1. The average molecular weight is 334 g/mol. The summed E-state index contributed by atoms with van der Waals surface area (Å²) < 4.78 is 25.3. The van der Waals surface area contributed by atoms with Gasteiger partial charge in [-0.1, -0.05) is 12.1 Å². The molecule has 130 valence electrons. The Labute approximate surface area is 142 Å². The van der Waals surface area contributed by atoms with Crippen LogP contribution in [0.2, 0.25) is 0 Å². The van der Waals surface area contributed by atoms with Crippen LogP contribution in [-0.4, -0.2) is 30.8 Å². The van der Waals surface area contributed by atoms with Crippen LogP contribution in [0, 0.1) is 5.82 Å². The van der Waals surface area contributed by atoms with Crippen molar-refractivity contribution in [3.8, 4) is 0 Å². The number of nitrogen functional groups attached to an aromatic ring is 1. The highest BCUT2D eigenvalue weighted by Crippen LogP contribution is 2.38. The number of anilines is 1. The predicted octanol–water partition coefficient (Wildman–Crippen LogP) is 2.56. The molecule has 0 bridgehead atoms. The number of carbonyl (C=O) groups excluding carboxylic acids is 1. The lowest BCUT2D eigenvalue weighted by molar-refractivity contribution is -0.118. The van der Waals surface area contributed by atoms with E-state index in [2.05, 4.69) is 5.32 Å². The number of amides is 1. The van der Waals surface area contributed by atoms with Crippen molar-refractivity contribution < 1.29 is 18.5 Å². The van der Waals surface area contributed by atoms with E-state index in [0.717, 1.165) is 0 Å². The molecule has 0 unspecified atom stereocenters. The molecule has 1 heterocycles. The van der Waals surface area contributed by atoms with E-state index >= 15 is 0 Å². The van der Waals surface area contributed by atoms with Gasteiger partial charge in [0, 0.05) is 19.2 Å². The van der Waals surface area contributed by atoms with Crippen LogP contribution in [0.4, 0.5) is 10.1 Å². The molecule has 1 aromatic rings. The lowest BCUT2D eigenvalue weighted by Crippen LogP contribution is -2.41. The minimum atomic E-state index is -0.619. The van der Waals surface area contributed by atoms with Gasteiger partial charge >= 0.3 is 7.12 Å². The second kappa shape index (κ2) is 6.57. The van der Waals surface area contributed by atoms with E-state index in [9.17, 15) is 9.18 Å². The lowest BCUT2D eigenvalue weighted by Gasteiger charge is -2.32. The summed E-state index contributed by atoms with van der Waals surface area (Å²) in [5, 5.41) is 2.75. The number of hydrogen-bond acceptors (Lipinski definition) is 4. The normalized spacial score (nSPS) is 19.4. The SMILES string of the molecule is CC(=O)NCC(=Cc1ccc(F)cc1N)B1OC(C)(C)C(C)(C)O1. The van der Waals surface area contributed by atoms with Crippen molar-refractivity contribution in [1.82, 2.24) is 5.32 Å². The second-order valence-corrected chi connectivity index (χ2v) is 6.99. The summed E-state index contributed by atoms with van der Waals surface area (Å²) in [5.41, 5.74) is 6.55. The second-order valence-electron chi connectivity index (χ2n) is 6.99. The first kappa shape index (κ1) is 18.5. The Bertz CT molecular complexity index is 658. The third-order valence-electron chi connectivity index (χ3n) is 4.49. The molecule has 1 aliphatic heterocycles. The predicted molar refractivity (Wildman–Crippen MR) is 93.6 cm³/mol. The molecule has 0 spiro atoms. The highest BCUT2D eigenvalue weighted by molar-refractivity contribution is 6.56. The molecule has 0 aromatic heterocycles. The summed E-state index contributed by atoms with van der Waals surface area (Å²) in [5.74, 6) is -0.562. The summed E-state index contributed by atoms with van der Waals surface area (Å²) >= 11 is 0. The van der Waals surface area contributed by atoms with Gasteiger partial charge in [0.25, 0.3) is 0 Å². The van der Waals surface area contributed by atoms with Crippen molar-refractivity contribution in [1.29, 1.82) is 0 Å². The van der Waals surface area contributed by atoms with Gasteiger partial charge in [0.1, 0.15) is 5.82 Å². The molecule has 1 aromatic carbocycles. The Morgan fingerprint density at radius 1 is 1.29 bits per heavy atom. The minimum Gasteiger partial charge on any atom is -0.400 e. The van der Waals surface area contributed by atoms with Gasteiger partial charge in [-0.05, 0) is 50.9 Å². The van der Waals surface area contributed by atoms with Crippen LogP contribution in [0.3, 0.4) is 0 Å². The average Bonchev–Trinajstić information content (AvgIpc) is 2.65. The molecule has 0 atom stereocenters. The summed E-state index contributed by atoms with van der Waals surface area (Å²) in [7, 11) is -0.619. The fraction of sp³-hybridized carbons (Fsp3) is 0.471. The molecule has 1 fully saturated rings. The number of nitrogens with two attached hydrogens (primary N) is 1. The highest BCUT2D eigenvalue weighted by Gasteiger charge is 2.52. The van der Waals surface area contributed by atoms with Crippen LogP contribution >= 0.6 is 0 Å². The molecule has 5 nitrogen and oxygen atoms in total. The third-order valence-corrected chi connectivity index (χ3v) is 4.49. The molecular formula is C17H24BFN2O3.